The molecule has 52 heavy (non-hydrogen) atoms. The van der Waals surface area contributed by atoms with Crippen molar-refractivity contribution in [3.05, 3.63) is 83.7 Å². The standard InChI is InChI=1S/C39H53F2N5O5S/c1-26(47)44-33(13-8-9-16-42)35(48)20-29(38(50)51)24-52-25-36(49)46(18-10-17-43)37(39(2,3)4)34-19-28(31-21-30(40)14-15-32(31)41)23-45(34)22-27-11-6-5-7-12-27/h5-7,11-12,14-15,19,21,23,29,33,37H,8-10,13,16-18,20,22,24-25,42-43H2,1-4H3,(H,44,47)(H,50,51)/t29-,33-,37-/m0/s1. The largest absolute Gasteiger partial charge is 0.481 e. The number of carboxylic acids is 1. The van der Waals surface area contributed by atoms with Crippen LogP contribution in [0.15, 0.2) is 60.8 Å². The van der Waals surface area contributed by atoms with Crippen molar-refractivity contribution in [1.29, 1.82) is 0 Å². The van der Waals surface area contributed by atoms with Crippen molar-refractivity contribution in [2.45, 2.75) is 78.4 Å². The Hall–Kier alpha value is -4.07. The number of rotatable bonds is 21. The van der Waals surface area contributed by atoms with Gasteiger partial charge < -0.3 is 31.4 Å². The molecule has 0 aliphatic heterocycles. The van der Waals surface area contributed by atoms with E-state index >= 15 is 4.39 Å². The second-order valence-corrected chi connectivity index (χ2v) is 15.2. The number of benzene rings is 2. The number of aliphatic carboxylic acids is 1. The first-order valence-corrected chi connectivity index (χ1v) is 18.8. The summed E-state index contributed by atoms with van der Waals surface area (Å²) in [4.78, 5) is 53.0. The van der Waals surface area contributed by atoms with Gasteiger partial charge in [-0.15, -0.1) is 0 Å². The zero-order valence-electron chi connectivity index (χ0n) is 30.6. The summed E-state index contributed by atoms with van der Waals surface area (Å²) in [5.74, 6) is -4.46. The highest BCUT2D eigenvalue weighted by molar-refractivity contribution is 7.99. The van der Waals surface area contributed by atoms with E-state index in [-0.39, 0.29) is 41.1 Å². The Morgan fingerprint density at radius 3 is 2.29 bits per heavy atom. The molecule has 0 saturated carbocycles. The first-order valence-electron chi connectivity index (χ1n) is 17.7. The zero-order chi connectivity index (χ0) is 38.4. The van der Waals surface area contributed by atoms with Crippen molar-refractivity contribution in [2.24, 2.45) is 22.8 Å². The molecular weight excluding hydrogens is 689 g/mol. The zero-order valence-corrected chi connectivity index (χ0v) is 31.4. The van der Waals surface area contributed by atoms with Gasteiger partial charge in [0.05, 0.1) is 23.8 Å². The lowest BCUT2D eigenvalue weighted by Gasteiger charge is -2.41. The number of Topliss-reactive ketones (excluding diaryl/α,β-unsaturated/α-hetero) is 1. The van der Waals surface area contributed by atoms with E-state index in [1.165, 1.54) is 6.92 Å². The summed E-state index contributed by atoms with van der Waals surface area (Å²) < 4.78 is 31.4. The summed E-state index contributed by atoms with van der Waals surface area (Å²) in [6.07, 6.45) is 3.61. The van der Waals surface area contributed by atoms with E-state index in [4.69, 9.17) is 11.5 Å². The van der Waals surface area contributed by atoms with Crippen LogP contribution in [0.2, 0.25) is 0 Å². The van der Waals surface area contributed by atoms with Crippen LogP contribution in [-0.2, 0) is 25.7 Å². The lowest BCUT2D eigenvalue weighted by molar-refractivity contribution is -0.143. The van der Waals surface area contributed by atoms with E-state index in [9.17, 15) is 28.7 Å². The number of ketones is 1. The number of amides is 2. The summed E-state index contributed by atoms with van der Waals surface area (Å²) in [5, 5.41) is 12.6. The lowest BCUT2D eigenvalue weighted by atomic mass is 9.83. The molecule has 6 N–H and O–H groups in total. The highest BCUT2D eigenvalue weighted by Crippen LogP contribution is 2.41. The second-order valence-electron chi connectivity index (χ2n) is 14.1. The third-order valence-electron chi connectivity index (χ3n) is 8.76. The summed E-state index contributed by atoms with van der Waals surface area (Å²) in [6.45, 7) is 8.78. The molecule has 0 aliphatic carbocycles. The van der Waals surface area contributed by atoms with Gasteiger partial charge >= 0.3 is 5.97 Å². The SMILES string of the molecule is CC(=O)N[C@@H](CCCCN)C(=O)C[C@@H](CSCC(=O)N(CCCN)[C@@H](c1cc(-c2cc(F)ccc2F)cn1Cc1ccccc1)C(C)(C)C)C(=O)O. The Bertz CT molecular complexity index is 1650. The Labute approximate surface area is 309 Å². The van der Waals surface area contributed by atoms with E-state index in [2.05, 4.69) is 5.32 Å². The Morgan fingerprint density at radius 2 is 1.67 bits per heavy atom. The number of carboxylic acid groups (broad SMARTS) is 1. The molecule has 0 fully saturated rings. The van der Waals surface area contributed by atoms with E-state index in [0.29, 0.717) is 57.4 Å². The predicted octanol–water partition coefficient (Wildman–Crippen LogP) is 5.77. The van der Waals surface area contributed by atoms with Crippen LogP contribution >= 0.6 is 11.8 Å². The Balaban J connectivity index is 1.93. The summed E-state index contributed by atoms with van der Waals surface area (Å²) >= 11 is 1.13. The van der Waals surface area contributed by atoms with Crippen molar-refractivity contribution in [3.8, 4) is 11.1 Å². The fraction of sp³-hybridized carbons (Fsp3) is 0.487. The quantitative estimate of drug-likeness (QED) is 0.100. The highest BCUT2D eigenvalue weighted by atomic mass is 32.2. The van der Waals surface area contributed by atoms with Gasteiger partial charge in [0.2, 0.25) is 11.8 Å². The first kappa shape index (κ1) is 42.3. The molecule has 0 aliphatic rings. The minimum atomic E-state index is -1.17. The number of nitrogens with zero attached hydrogens (tertiary/aromatic N) is 2. The van der Waals surface area contributed by atoms with E-state index < -0.39 is 41.0 Å². The maximum absolute atomic E-state index is 15.1. The number of unbranched alkanes of at least 4 members (excludes halogenated alkanes) is 1. The van der Waals surface area contributed by atoms with Gasteiger partial charge in [0.1, 0.15) is 11.6 Å². The fourth-order valence-electron chi connectivity index (χ4n) is 6.30. The molecule has 13 heteroatoms. The molecule has 1 aromatic heterocycles. The molecular formula is C39H53F2N5O5S. The van der Waals surface area contributed by atoms with Crippen molar-refractivity contribution < 1.29 is 33.1 Å². The van der Waals surface area contributed by atoms with Crippen LogP contribution in [0.25, 0.3) is 11.1 Å². The van der Waals surface area contributed by atoms with Gasteiger partial charge in [-0.25, -0.2) is 8.78 Å². The number of nitrogens with one attached hydrogen (secondary N) is 1. The van der Waals surface area contributed by atoms with E-state index in [0.717, 1.165) is 41.2 Å². The predicted molar refractivity (Wildman–Crippen MR) is 201 cm³/mol. The first-order chi connectivity index (χ1) is 24.7. The number of halogens is 2. The summed E-state index contributed by atoms with van der Waals surface area (Å²) in [6, 6.07) is 13.4. The molecule has 10 nitrogen and oxygen atoms in total. The number of carbonyl (C=O) groups is 4. The molecule has 284 valence electrons. The molecule has 0 radical (unpaired) electrons. The van der Waals surface area contributed by atoms with Gasteiger partial charge in [-0.05, 0) is 74.0 Å². The maximum Gasteiger partial charge on any atom is 0.307 e. The van der Waals surface area contributed by atoms with Crippen LogP contribution in [0.1, 0.15) is 77.1 Å². The van der Waals surface area contributed by atoms with Gasteiger partial charge in [-0.3, -0.25) is 19.2 Å². The molecule has 3 rings (SSSR count). The molecule has 2 amide bonds. The molecule has 0 saturated heterocycles. The number of hydrogen-bond acceptors (Lipinski definition) is 7. The molecule has 0 bridgehead atoms. The molecule has 3 atom stereocenters. The third-order valence-corrected chi connectivity index (χ3v) is 9.84. The highest BCUT2D eigenvalue weighted by Gasteiger charge is 2.37. The van der Waals surface area contributed by atoms with Gasteiger partial charge in [0.15, 0.2) is 5.78 Å². The Kier molecular flexibility index (Phi) is 16.5. The average molecular weight is 742 g/mol. The van der Waals surface area contributed by atoms with Crippen LogP contribution in [0.3, 0.4) is 0 Å². The lowest BCUT2D eigenvalue weighted by Crippen LogP contribution is -2.44. The van der Waals surface area contributed by atoms with Crippen molar-refractivity contribution in [1.82, 2.24) is 14.8 Å². The van der Waals surface area contributed by atoms with Gasteiger partial charge in [0, 0.05) is 55.2 Å². The molecule has 0 unspecified atom stereocenters. The molecule has 0 spiro atoms. The minimum absolute atomic E-state index is 0.000693. The van der Waals surface area contributed by atoms with Crippen LogP contribution in [0.5, 0.6) is 0 Å². The number of thioether (sulfide) groups is 1. The third kappa shape index (κ3) is 12.6. The van der Waals surface area contributed by atoms with Gasteiger partial charge in [-0.2, -0.15) is 11.8 Å². The fourth-order valence-corrected chi connectivity index (χ4v) is 7.30. The van der Waals surface area contributed by atoms with Crippen LogP contribution in [0.4, 0.5) is 8.78 Å². The number of carbonyl (C=O) groups excluding carboxylic acids is 3. The van der Waals surface area contributed by atoms with E-state index in [1.807, 2.05) is 55.7 Å². The monoisotopic (exact) mass is 741 g/mol. The smallest absolute Gasteiger partial charge is 0.307 e. The van der Waals surface area contributed by atoms with Gasteiger partial charge in [-0.1, -0.05) is 51.1 Å². The molecule has 1 heterocycles. The second kappa shape index (κ2) is 20.2. The van der Waals surface area contributed by atoms with Crippen molar-refractivity contribution in [3.63, 3.8) is 0 Å². The normalized spacial score (nSPS) is 13.3. The number of nitrogens with two attached hydrogens (primary N) is 2. The van der Waals surface area contributed by atoms with E-state index in [1.54, 1.807) is 17.2 Å². The maximum atomic E-state index is 15.1. The summed E-state index contributed by atoms with van der Waals surface area (Å²) in [5.41, 5.74) is 13.2. The molecule has 3 aromatic rings. The minimum Gasteiger partial charge on any atom is -0.481 e. The topological polar surface area (TPSA) is 161 Å². The summed E-state index contributed by atoms with van der Waals surface area (Å²) in [7, 11) is 0. The van der Waals surface area contributed by atoms with Crippen LogP contribution in [-0.4, -0.2) is 75.3 Å². The van der Waals surface area contributed by atoms with Gasteiger partial charge in [0.25, 0.3) is 0 Å². The van der Waals surface area contributed by atoms with Crippen LogP contribution < -0.4 is 16.8 Å². The molecule has 2 aromatic carbocycles. The van der Waals surface area contributed by atoms with Crippen molar-refractivity contribution >= 4 is 35.3 Å². The number of hydrogen-bond donors (Lipinski definition) is 4. The Morgan fingerprint density at radius 1 is 0.981 bits per heavy atom. The average Bonchev–Trinajstić information content (AvgIpc) is 3.48. The number of aromatic nitrogens is 1. The van der Waals surface area contributed by atoms with Crippen molar-refractivity contribution in [2.75, 3.05) is 31.1 Å². The van der Waals surface area contributed by atoms with Crippen LogP contribution in [0, 0.1) is 23.0 Å².